The molecule has 25 heavy (non-hydrogen) atoms. The second kappa shape index (κ2) is 7.74. The minimum absolute atomic E-state index is 0.0501. The third kappa shape index (κ3) is 4.22. The molecule has 2 fully saturated rings. The quantitative estimate of drug-likeness (QED) is 0.738. The first-order valence-electron chi connectivity index (χ1n) is 8.63. The highest BCUT2D eigenvalue weighted by Crippen LogP contribution is 2.44. The van der Waals surface area contributed by atoms with Gasteiger partial charge in [0.05, 0.1) is 12.8 Å². The van der Waals surface area contributed by atoms with E-state index in [4.69, 9.17) is 9.47 Å². The maximum Gasteiger partial charge on any atom is 0.319 e. The monoisotopic (exact) mass is 347 g/mol. The van der Waals surface area contributed by atoms with Crippen molar-refractivity contribution in [3.63, 3.8) is 0 Å². The van der Waals surface area contributed by atoms with Gasteiger partial charge in [0.15, 0.2) is 0 Å². The van der Waals surface area contributed by atoms with Crippen LogP contribution in [0, 0.1) is 11.8 Å². The molecule has 0 radical (unpaired) electrons. The van der Waals surface area contributed by atoms with Crippen LogP contribution < -0.4 is 20.7 Å². The number of hydrogen-bond donors (Lipinski definition) is 3. The number of anilines is 2. The van der Waals surface area contributed by atoms with E-state index in [0.29, 0.717) is 23.0 Å². The van der Waals surface area contributed by atoms with Crippen LogP contribution in [0.15, 0.2) is 18.2 Å². The first kappa shape index (κ1) is 17.5. The van der Waals surface area contributed by atoms with E-state index in [1.165, 1.54) is 33.5 Å². The van der Waals surface area contributed by atoms with Crippen molar-refractivity contribution in [3.8, 4) is 5.75 Å². The molecular formula is C18H25N3O4. The second-order valence-electron chi connectivity index (χ2n) is 6.78. The van der Waals surface area contributed by atoms with Gasteiger partial charge in [-0.1, -0.05) is 6.42 Å². The average molecular weight is 347 g/mol. The number of urea groups is 1. The van der Waals surface area contributed by atoms with Gasteiger partial charge in [0.25, 0.3) is 0 Å². The van der Waals surface area contributed by atoms with Crippen molar-refractivity contribution >= 4 is 23.3 Å². The summed E-state index contributed by atoms with van der Waals surface area (Å²) in [4.78, 5) is 24.0. The minimum Gasteiger partial charge on any atom is -0.495 e. The molecule has 0 aliphatic heterocycles. The van der Waals surface area contributed by atoms with Crippen molar-refractivity contribution in [2.45, 2.75) is 31.7 Å². The van der Waals surface area contributed by atoms with Crippen LogP contribution in [0.25, 0.3) is 0 Å². The summed E-state index contributed by atoms with van der Waals surface area (Å²) in [6.45, 7) is -0.0501. The highest BCUT2D eigenvalue weighted by Gasteiger charge is 2.40. The zero-order valence-electron chi connectivity index (χ0n) is 14.6. The van der Waals surface area contributed by atoms with Gasteiger partial charge >= 0.3 is 6.03 Å². The lowest BCUT2D eigenvalue weighted by molar-refractivity contribution is -0.119. The molecule has 0 heterocycles. The number of fused-ring (bicyclic) bond motifs is 2. The van der Waals surface area contributed by atoms with Crippen molar-refractivity contribution in [2.75, 3.05) is 31.5 Å². The lowest BCUT2D eigenvalue weighted by Gasteiger charge is -2.23. The topological polar surface area (TPSA) is 88.7 Å². The van der Waals surface area contributed by atoms with Crippen molar-refractivity contribution in [3.05, 3.63) is 18.2 Å². The minimum atomic E-state index is -0.288. The first-order valence-corrected chi connectivity index (χ1v) is 8.63. The number of amides is 3. The summed E-state index contributed by atoms with van der Waals surface area (Å²) in [7, 11) is 2.98. The normalized spacial score (nSPS) is 24.0. The molecule has 0 saturated heterocycles. The van der Waals surface area contributed by atoms with Gasteiger partial charge in [-0.15, -0.1) is 0 Å². The van der Waals surface area contributed by atoms with E-state index in [9.17, 15) is 9.59 Å². The molecule has 3 rings (SSSR count). The van der Waals surface area contributed by atoms with Gasteiger partial charge in [0.1, 0.15) is 12.4 Å². The first-order chi connectivity index (χ1) is 12.1. The summed E-state index contributed by atoms with van der Waals surface area (Å²) in [6, 6.07) is 5.18. The second-order valence-corrected chi connectivity index (χ2v) is 6.78. The summed E-state index contributed by atoms with van der Waals surface area (Å²) < 4.78 is 10.1. The van der Waals surface area contributed by atoms with Gasteiger partial charge in [-0.2, -0.15) is 0 Å². The van der Waals surface area contributed by atoms with Crippen LogP contribution >= 0.6 is 0 Å². The fraction of sp³-hybridized carbons (Fsp3) is 0.556. The van der Waals surface area contributed by atoms with Crippen LogP contribution in [0.2, 0.25) is 0 Å². The van der Waals surface area contributed by atoms with Crippen LogP contribution in [-0.4, -0.2) is 38.8 Å². The fourth-order valence-corrected chi connectivity index (χ4v) is 3.96. The van der Waals surface area contributed by atoms with E-state index >= 15 is 0 Å². The molecule has 3 amide bonds. The Kier molecular flexibility index (Phi) is 5.43. The van der Waals surface area contributed by atoms with Crippen LogP contribution in [-0.2, 0) is 9.53 Å². The molecule has 2 aliphatic carbocycles. The number of rotatable bonds is 6. The van der Waals surface area contributed by atoms with Crippen LogP contribution in [0.4, 0.5) is 16.2 Å². The number of methoxy groups -OCH3 is 2. The molecule has 0 spiro atoms. The highest BCUT2D eigenvalue weighted by molar-refractivity contribution is 5.95. The van der Waals surface area contributed by atoms with E-state index in [1.807, 2.05) is 0 Å². The molecule has 0 unspecified atom stereocenters. The number of hydrogen-bond acceptors (Lipinski definition) is 4. The van der Waals surface area contributed by atoms with Crippen molar-refractivity contribution in [2.24, 2.45) is 11.8 Å². The molecule has 1 aromatic carbocycles. The number of carbonyl (C=O) groups excluding carboxylic acids is 2. The Labute approximate surface area is 147 Å². The third-order valence-electron chi connectivity index (χ3n) is 5.06. The Morgan fingerprint density at radius 3 is 2.64 bits per heavy atom. The standard InChI is InChI=1S/C18H25N3O4/c1-24-10-17(22)20-15-9-13(5-6-16(15)25-2)19-18(23)21-14-8-11-3-4-12(14)7-11/h5-6,9,11-12,14H,3-4,7-8,10H2,1-2H3,(H,20,22)(H2,19,21,23)/t11-,12+,14+/m0/s1. The molecule has 3 N–H and O–H groups in total. The number of nitrogens with one attached hydrogen (secondary N) is 3. The molecule has 2 aliphatic rings. The smallest absolute Gasteiger partial charge is 0.319 e. The zero-order valence-corrected chi connectivity index (χ0v) is 14.6. The van der Waals surface area contributed by atoms with E-state index in [0.717, 1.165) is 12.3 Å². The molecule has 2 bridgehead atoms. The molecule has 7 heteroatoms. The lowest BCUT2D eigenvalue weighted by atomic mass is 9.95. The van der Waals surface area contributed by atoms with E-state index in [-0.39, 0.29) is 24.6 Å². The maximum absolute atomic E-state index is 12.3. The Hall–Kier alpha value is -2.28. The summed E-state index contributed by atoms with van der Waals surface area (Å²) in [5.74, 6) is 1.63. The molecule has 7 nitrogen and oxygen atoms in total. The van der Waals surface area contributed by atoms with E-state index in [2.05, 4.69) is 16.0 Å². The highest BCUT2D eigenvalue weighted by atomic mass is 16.5. The number of benzene rings is 1. The molecule has 0 aromatic heterocycles. The molecule has 136 valence electrons. The van der Waals surface area contributed by atoms with Gasteiger partial charge in [-0.3, -0.25) is 4.79 Å². The Balaban J connectivity index is 1.61. The van der Waals surface area contributed by atoms with Crippen LogP contribution in [0.3, 0.4) is 0 Å². The van der Waals surface area contributed by atoms with Gasteiger partial charge in [0, 0.05) is 18.8 Å². The van der Waals surface area contributed by atoms with Crippen molar-refractivity contribution in [1.29, 1.82) is 0 Å². The summed E-state index contributed by atoms with van der Waals surface area (Å²) in [6.07, 6.45) is 4.84. The molecule has 1 aromatic rings. The largest absolute Gasteiger partial charge is 0.495 e. The molecule has 3 atom stereocenters. The Morgan fingerprint density at radius 2 is 2.00 bits per heavy atom. The summed E-state index contributed by atoms with van der Waals surface area (Å²) in [5.41, 5.74) is 1.08. The van der Waals surface area contributed by atoms with Gasteiger partial charge in [-0.25, -0.2) is 4.79 Å². The maximum atomic E-state index is 12.3. The van der Waals surface area contributed by atoms with E-state index in [1.54, 1.807) is 18.2 Å². The predicted molar refractivity (Wildman–Crippen MR) is 94.9 cm³/mol. The van der Waals surface area contributed by atoms with Gasteiger partial charge in [0.2, 0.25) is 5.91 Å². The SMILES string of the molecule is COCC(=O)Nc1cc(NC(=O)N[C@@H]2C[C@H]3CC[C@@H]2C3)ccc1OC. The van der Waals surface area contributed by atoms with Crippen LogP contribution in [0.1, 0.15) is 25.7 Å². The summed E-state index contributed by atoms with van der Waals surface area (Å²) >= 11 is 0. The fourth-order valence-electron chi connectivity index (χ4n) is 3.96. The average Bonchev–Trinajstić information content (AvgIpc) is 3.18. The molecular weight excluding hydrogens is 322 g/mol. The zero-order chi connectivity index (χ0) is 17.8. The van der Waals surface area contributed by atoms with Gasteiger partial charge in [-0.05, 0) is 49.3 Å². The number of ether oxygens (including phenoxy) is 2. The lowest BCUT2D eigenvalue weighted by Crippen LogP contribution is -2.41. The van der Waals surface area contributed by atoms with Crippen molar-refractivity contribution < 1.29 is 19.1 Å². The summed E-state index contributed by atoms with van der Waals surface area (Å²) in [5, 5.41) is 8.63. The molecule has 2 saturated carbocycles. The van der Waals surface area contributed by atoms with Gasteiger partial charge < -0.3 is 25.4 Å². The predicted octanol–water partition coefficient (Wildman–Crippen LogP) is 2.59. The Bertz CT molecular complexity index is 649. The third-order valence-corrected chi connectivity index (χ3v) is 5.06. The van der Waals surface area contributed by atoms with Crippen molar-refractivity contribution in [1.82, 2.24) is 5.32 Å². The van der Waals surface area contributed by atoms with Crippen LogP contribution in [0.5, 0.6) is 5.75 Å². The van der Waals surface area contributed by atoms with E-state index < -0.39 is 0 Å². The number of carbonyl (C=O) groups is 2. The Morgan fingerprint density at radius 1 is 1.16 bits per heavy atom.